The van der Waals surface area contributed by atoms with E-state index in [1.807, 2.05) is 20.8 Å². The minimum Gasteiger partial charge on any atom is -0.454 e. The lowest BCUT2D eigenvalue weighted by Crippen LogP contribution is -2.18. The fourth-order valence-electron chi connectivity index (χ4n) is 2.38. The lowest BCUT2D eigenvalue weighted by molar-refractivity contribution is -0.137. The summed E-state index contributed by atoms with van der Waals surface area (Å²) in [6.45, 7) is 5.91. The topological polar surface area (TPSA) is 95.4 Å². The zero-order chi connectivity index (χ0) is 20.6. The van der Waals surface area contributed by atoms with Crippen LogP contribution in [0.3, 0.4) is 0 Å². The molecule has 0 radical (unpaired) electrons. The SMILES string of the molecule is CCC(C)(C)c1ccc(S(N)(=O)=O)c(Oc2ccc(C(F)(F)F)cc2N)c1. The largest absolute Gasteiger partial charge is 0.454 e. The number of hydrogen-bond acceptors (Lipinski definition) is 4. The van der Waals surface area contributed by atoms with Gasteiger partial charge in [-0.2, -0.15) is 13.2 Å². The van der Waals surface area contributed by atoms with Crippen LogP contribution in [-0.2, 0) is 21.6 Å². The zero-order valence-corrected chi connectivity index (χ0v) is 15.9. The summed E-state index contributed by atoms with van der Waals surface area (Å²) in [4.78, 5) is -0.280. The quantitative estimate of drug-likeness (QED) is 0.724. The molecule has 2 aromatic carbocycles. The van der Waals surface area contributed by atoms with Gasteiger partial charge in [0.2, 0.25) is 10.0 Å². The maximum absolute atomic E-state index is 12.8. The maximum Gasteiger partial charge on any atom is 0.416 e. The monoisotopic (exact) mass is 402 g/mol. The van der Waals surface area contributed by atoms with Crippen LogP contribution in [0.4, 0.5) is 18.9 Å². The van der Waals surface area contributed by atoms with E-state index in [4.69, 9.17) is 15.6 Å². The highest BCUT2D eigenvalue weighted by molar-refractivity contribution is 7.89. The first-order valence-corrected chi connectivity index (χ1v) is 9.62. The Hall–Kier alpha value is -2.26. The summed E-state index contributed by atoms with van der Waals surface area (Å²) in [5, 5.41) is 5.23. The Bertz CT molecular complexity index is 955. The van der Waals surface area contributed by atoms with Crippen LogP contribution in [0.5, 0.6) is 11.5 Å². The molecule has 0 spiro atoms. The number of rotatable bonds is 5. The van der Waals surface area contributed by atoms with Crippen LogP contribution in [0.25, 0.3) is 0 Å². The molecule has 2 aromatic rings. The van der Waals surface area contributed by atoms with Crippen LogP contribution in [-0.4, -0.2) is 8.42 Å². The molecule has 0 unspecified atom stereocenters. The van der Waals surface area contributed by atoms with Crippen LogP contribution in [0, 0.1) is 0 Å². The van der Waals surface area contributed by atoms with Crippen molar-refractivity contribution in [1.29, 1.82) is 0 Å². The molecule has 4 N–H and O–H groups in total. The van der Waals surface area contributed by atoms with Crippen molar-refractivity contribution in [3.63, 3.8) is 0 Å². The Morgan fingerprint density at radius 3 is 2.07 bits per heavy atom. The summed E-state index contributed by atoms with van der Waals surface area (Å²) in [5.74, 6) is -0.192. The van der Waals surface area contributed by atoms with Gasteiger partial charge in [0.15, 0.2) is 0 Å². The molecule has 0 amide bonds. The number of alkyl halides is 3. The van der Waals surface area contributed by atoms with Gasteiger partial charge in [-0.15, -0.1) is 0 Å². The van der Waals surface area contributed by atoms with E-state index in [9.17, 15) is 21.6 Å². The molecule has 27 heavy (non-hydrogen) atoms. The van der Waals surface area contributed by atoms with Crippen LogP contribution in [0.2, 0.25) is 0 Å². The molecule has 0 saturated heterocycles. The molecule has 0 heterocycles. The number of primary sulfonamides is 1. The highest BCUT2D eigenvalue weighted by Crippen LogP contribution is 2.38. The average Bonchev–Trinajstić information content (AvgIpc) is 2.54. The molecule has 0 aliphatic carbocycles. The van der Waals surface area contributed by atoms with Gasteiger partial charge in [0.05, 0.1) is 11.3 Å². The molecule has 0 aliphatic rings. The third-order valence-corrected chi connectivity index (χ3v) is 5.42. The van der Waals surface area contributed by atoms with Crippen LogP contribution in [0.15, 0.2) is 41.3 Å². The minimum atomic E-state index is -4.55. The summed E-state index contributed by atoms with van der Waals surface area (Å²) in [6, 6.07) is 7.04. The van der Waals surface area contributed by atoms with E-state index in [1.165, 1.54) is 12.1 Å². The van der Waals surface area contributed by atoms with Gasteiger partial charge >= 0.3 is 6.18 Å². The number of nitrogen functional groups attached to an aromatic ring is 1. The average molecular weight is 402 g/mol. The molecule has 0 fully saturated rings. The van der Waals surface area contributed by atoms with Crippen molar-refractivity contribution in [2.24, 2.45) is 5.14 Å². The molecule has 0 aliphatic heterocycles. The van der Waals surface area contributed by atoms with E-state index in [1.54, 1.807) is 6.07 Å². The molecule has 9 heteroatoms. The predicted octanol–water partition coefficient (Wildman–Crippen LogP) is 4.41. The summed E-state index contributed by atoms with van der Waals surface area (Å²) in [7, 11) is -4.11. The first kappa shape index (κ1) is 21.0. The summed E-state index contributed by atoms with van der Waals surface area (Å²) >= 11 is 0. The Morgan fingerprint density at radius 1 is 1.00 bits per heavy atom. The third-order valence-electron chi connectivity index (χ3n) is 4.47. The van der Waals surface area contributed by atoms with Crippen molar-refractivity contribution >= 4 is 15.7 Å². The van der Waals surface area contributed by atoms with Crippen LogP contribution >= 0.6 is 0 Å². The molecule has 0 bridgehead atoms. The Balaban J connectivity index is 2.55. The van der Waals surface area contributed by atoms with Crippen LogP contribution < -0.4 is 15.6 Å². The lowest BCUT2D eigenvalue weighted by atomic mass is 9.82. The van der Waals surface area contributed by atoms with Gasteiger partial charge in [-0.1, -0.05) is 26.8 Å². The first-order chi connectivity index (χ1) is 12.3. The van der Waals surface area contributed by atoms with Gasteiger partial charge < -0.3 is 10.5 Å². The lowest BCUT2D eigenvalue weighted by Gasteiger charge is -2.24. The van der Waals surface area contributed by atoms with E-state index in [0.29, 0.717) is 0 Å². The number of ether oxygens (including phenoxy) is 1. The standard InChI is InChI=1S/C18H21F3N2O3S/c1-4-17(2,3)11-6-8-16(27(23,24)25)15(10-11)26-14-7-5-12(9-13(14)22)18(19,20)21/h5-10H,4,22H2,1-3H3,(H2,23,24,25). The van der Waals surface area contributed by atoms with E-state index < -0.39 is 21.8 Å². The van der Waals surface area contributed by atoms with Crippen molar-refractivity contribution in [2.75, 3.05) is 5.73 Å². The van der Waals surface area contributed by atoms with Gasteiger partial charge in [0.1, 0.15) is 16.4 Å². The number of sulfonamides is 1. The minimum absolute atomic E-state index is 0.0945. The predicted molar refractivity (Wildman–Crippen MR) is 97.1 cm³/mol. The zero-order valence-electron chi connectivity index (χ0n) is 15.1. The second kappa shape index (κ2) is 7.05. The molecule has 5 nitrogen and oxygen atoms in total. The second-order valence-corrected chi connectivity index (χ2v) is 8.33. The fraction of sp³-hybridized carbons (Fsp3) is 0.333. The van der Waals surface area contributed by atoms with E-state index in [0.717, 1.165) is 30.2 Å². The van der Waals surface area contributed by atoms with Crippen LogP contribution in [0.1, 0.15) is 38.3 Å². The number of anilines is 1. The Labute approximate surface area is 156 Å². The molecule has 0 atom stereocenters. The highest BCUT2D eigenvalue weighted by atomic mass is 32.2. The Morgan fingerprint density at radius 2 is 1.59 bits per heavy atom. The number of nitrogens with two attached hydrogens (primary N) is 2. The first-order valence-electron chi connectivity index (χ1n) is 8.07. The molecule has 2 rings (SSSR count). The van der Waals surface area contributed by atoms with Gasteiger partial charge in [0, 0.05) is 0 Å². The second-order valence-electron chi connectivity index (χ2n) is 6.80. The smallest absolute Gasteiger partial charge is 0.416 e. The summed E-state index contributed by atoms with van der Waals surface area (Å²) in [6.07, 6.45) is -3.78. The molecular formula is C18H21F3N2O3S. The maximum atomic E-state index is 12.8. The van der Waals surface area contributed by atoms with Gasteiger partial charge in [-0.3, -0.25) is 0 Å². The summed E-state index contributed by atoms with van der Waals surface area (Å²) in [5.41, 5.74) is 4.98. The highest BCUT2D eigenvalue weighted by Gasteiger charge is 2.31. The van der Waals surface area contributed by atoms with Crippen molar-refractivity contribution < 1.29 is 26.3 Å². The van der Waals surface area contributed by atoms with Crippen molar-refractivity contribution in [3.05, 3.63) is 47.5 Å². The Kier molecular flexibility index (Phi) is 5.49. The summed E-state index contributed by atoms with van der Waals surface area (Å²) < 4.78 is 67.6. The van der Waals surface area contributed by atoms with E-state index >= 15 is 0 Å². The van der Waals surface area contributed by atoms with E-state index in [-0.39, 0.29) is 27.5 Å². The van der Waals surface area contributed by atoms with Gasteiger partial charge in [0.25, 0.3) is 0 Å². The number of halogens is 3. The van der Waals surface area contributed by atoms with Gasteiger partial charge in [-0.25, -0.2) is 13.6 Å². The van der Waals surface area contributed by atoms with E-state index in [2.05, 4.69) is 0 Å². The third kappa shape index (κ3) is 4.72. The molecule has 0 aromatic heterocycles. The normalized spacial score (nSPS) is 12.9. The fourth-order valence-corrected chi connectivity index (χ4v) is 3.02. The van der Waals surface area contributed by atoms with Crippen molar-refractivity contribution in [3.8, 4) is 11.5 Å². The van der Waals surface area contributed by atoms with Gasteiger partial charge in [-0.05, 0) is 47.7 Å². The number of hydrogen-bond donors (Lipinski definition) is 2. The molecule has 0 saturated carbocycles. The van der Waals surface area contributed by atoms with Crippen molar-refractivity contribution in [1.82, 2.24) is 0 Å². The van der Waals surface area contributed by atoms with Crippen molar-refractivity contribution in [2.45, 2.75) is 43.7 Å². The molecule has 148 valence electrons. The number of benzene rings is 2. The molecular weight excluding hydrogens is 381 g/mol.